The van der Waals surface area contributed by atoms with Crippen molar-refractivity contribution in [2.24, 2.45) is 0 Å². The summed E-state index contributed by atoms with van der Waals surface area (Å²) in [7, 11) is 0. The number of amides is 2. The van der Waals surface area contributed by atoms with Gasteiger partial charge in [0.1, 0.15) is 5.25 Å². The van der Waals surface area contributed by atoms with Gasteiger partial charge in [-0.1, -0.05) is 48.5 Å². The summed E-state index contributed by atoms with van der Waals surface area (Å²) in [6, 6.07) is 32.5. The van der Waals surface area contributed by atoms with E-state index in [1.165, 1.54) is 11.8 Å². The molecule has 0 bridgehead atoms. The first kappa shape index (κ1) is 24.0. The lowest BCUT2D eigenvalue weighted by Crippen LogP contribution is -2.19. The molecule has 0 heterocycles. The zero-order valence-corrected chi connectivity index (χ0v) is 21.5. The number of carbonyl (C=O) groups excluding carboxylic acids is 2. The van der Waals surface area contributed by atoms with Gasteiger partial charge in [0.15, 0.2) is 0 Å². The summed E-state index contributed by atoms with van der Waals surface area (Å²) >= 11 is 3.71. The van der Waals surface area contributed by atoms with Crippen LogP contribution in [0.25, 0.3) is 0 Å². The molecule has 0 fully saturated rings. The second-order valence-corrected chi connectivity index (χ2v) is 10.1. The van der Waals surface area contributed by atoms with Crippen LogP contribution in [0.2, 0.25) is 0 Å². The van der Waals surface area contributed by atoms with Crippen molar-refractivity contribution in [1.82, 2.24) is 0 Å². The van der Waals surface area contributed by atoms with Crippen LogP contribution in [0, 0.1) is 10.5 Å². The fourth-order valence-corrected chi connectivity index (χ4v) is 4.80. The van der Waals surface area contributed by atoms with Gasteiger partial charge in [-0.2, -0.15) is 0 Å². The highest BCUT2D eigenvalue weighted by Crippen LogP contribution is 2.36. The van der Waals surface area contributed by atoms with Gasteiger partial charge in [0.25, 0.3) is 5.91 Å². The molecule has 0 aliphatic carbocycles. The van der Waals surface area contributed by atoms with E-state index in [-0.39, 0.29) is 11.8 Å². The van der Waals surface area contributed by atoms with Crippen molar-refractivity contribution in [3.05, 3.63) is 123 Å². The van der Waals surface area contributed by atoms with Crippen LogP contribution >= 0.6 is 34.4 Å². The van der Waals surface area contributed by atoms with Gasteiger partial charge in [-0.3, -0.25) is 9.59 Å². The molecular formula is C28H23IN2O2S. The van der Waals surface area contributed by atoms with E-state index in [0.717, 1.165) is 25.3 Å². The van der Waals surface area contributed by atoms with Crippen LogP contribution in [-0.2, 0) is 4.79 Å². The van der Waals surface area contributed by atoms with Gasteiger partial charge in [0, 0.05) is 25.4 Å². The molecule has 4 aromatic carbocycles. The molecule has 2 amide bonds. The highest BCUT2D eigenvalue weighted by atomic mass is 127. The smallest absolute Gasteiger partial charge is 0.255 e. The zero-order valence-electron chi connectivity index (χ0n) is 18.5. The third kappa shape index (κ3) is 6.27. The van der Waals surface area contributed by atoms with E-state index >= 15 is 0 Å². The fraction of sp³-hybridized carbons (Fsp3) is 0.0714. The number of aryl methyl sites for hydroxylation is 1. The second kappa shape index (κ2) is 11.4. The van der Waals surface area contributed by atoms with Crippen LogP contribution in [0.4, 0.5) is 11.4 Å². The molecular weight excluding hydrogens is 555 g/mol. The molecule has 0 radical (unpaired) electrons. The third-order valence-electron chi connectivity index (χ3n) is 5.21. The summed E-state index contributed by atoms with van der Waals surface area (Å²) in [6.45, 7) is 1.92. The standard InChI is InChI=1S/C28H23IN2O2S/c1-19-7-5-6-10-25(19)27(32)30-23-15-17-24(18-16-23)34-26(20-8-3-2-4-9-20)28(33)31-22-13-11-21(29)12-14-22/h2-18,26H,1H3,(H,30,32)(H,31,33). The lowest BCUT2D eigenvalue weighted by Gasteiger charge is -2.17. The Bertz CT molecular complexity index is 1280. The summed E-state index contributed by atoms with van der Waals surface area (Å²) in [5.74, 6) is -0.230. The highest BCUT2D eigenvalue weighted by molar-refractivity contribution is 14.1. The fourth-order valence-electron chi connectivity index (χ4n) is 3.42. The Labute approximate surface area is 217 Å². The first-order chi connectivity index (χ1) is 16.5. The Morgan fingerprint density at radius 2 is 1.32 bits per heavy atom. The molecule has 0 saturated carbocycles. The molecule has 0 aliphatic heterocycles. The Hall–Kier alpha value is -3.10. The molecule has 0 aromatic heterocycles. The maximum absolute atomic E-state index is 13.2. The Kier molecular flexibility index (Phi) is 8.03. The number of halogens is 1. The maximum atomic E-state index is 13.2. The minimum atomic E-state index is -0.423. The number of nitrogens with one attached hydrogen (secondary N) is 2. The van der Waals surface area contributed by atoms with E-state index in [1.54, 1.807) is 0 Å². The van der Waals surface area contributed by atoms with Crippen LogP contribution < -0.4 is 10.6 Å². The summed E-state index contributed by atoms with van der Waals surface area (Å²) in [5.41, 5.74) is 3.97. The van der Waals surface area contributed by atoms with E-state index in [2.05, 4.69) is 33.2 Å². The number of hydrogen-bond acceptors (Lipinski definition) is 3. The van der Waals surface area contributed by atoms with Crippen LogP contribution in [0.5, 0.6) is 0 Å². The summed E-state index contributed by atoms with van der Waals surface area (Å²) < 4.78 is 1.11. The van der Waals surface area contributed by atoms with Crippen LogP contribution in [-0.4, -0.2) is 11.8 Å². The molecule has 1 atom stereocenters. The molecule has 0 saturated heterocycles. The summed E-state index contributed by atoms with van der Waals surface area (Å²) in [6.07, 6.45) is 0. The lowest BCUT2D eigenvalue weighted by atomic mass is 10.1. The second-order valence-electron chi connectivity index (χ2n) is 7.70. The van der Waals surface area contributed by atoms with Gasteiger partial charge in [-0.05, 0) is 95.2 Å². The van der Waals surface area contributed by atoms with Crippen LogP contribution in [0.15, 0.2) is 108 Å². The lowest BCUT2D eigenvalue weighted by molar-refractivity contribution is -0.115. The topological polar surface area (TPSA) is 58.2 Å². The van der Waals surface area contributed by atoms with E-state index in [0.29, 0.717) is 11.3 Å². The van der Waals surface area contributed by atoms with Crippen molar-refractivity contribution in [2.45, 2.75) is 17.1 Å². The number of anilines is 2. The third-order valence-corrected chi connectivity index (χ3v) is 7.19. The summed E-state index contributed by atoms with van der Waals surface area (Å²) in [4.78, 5) is 26.7. The summed E-state index contributed by atoms with van der Waals surface area (Å²) in [5, 5.41) is 5.55. The first-order valence-corrected chi connectivity index (χ1v) is 12.7. The molecule has 4 rings (SSSR count). The molecule has 0 spiro atoms. The van der Waals surface area contributed by atoms with E-state index in [4.69, 9.17) is 0 Å². The number of hydrogen-bond donors (Lipinski definition) is 2. The van der Waals surface area contributed by atoms with Gasteiger partial charge in [-0.15, -0.1) is 11.8 Å². The van der Waals surface area contributed by atoms with E-state index in [1.807, 2.05) is 110 Å². The molecule has 170 valence electrons. The van der Waals surface area contributed by atoms with Crippen molar-refractivity contribution >= 4 is 57.5 Å². The first-order valence-electron chi connectivity index (χ1n) is 10.7. The average molecular weight is 578 g/mol. The van der Waals surface area contributed by atoms with Crippen molar-refractivity contribution in [3.8, 4) is 0 Å². The predicted octanol–water partition coefficient (Wildman–Crippen LogP) is 7.32. The van der Waals surface area contributed by atoms with Crippen molar-refractivity contribution in [2.75, 3.05) is 10.6 Å². The quantitative estimate of drug-likeness (QED) is 0.179. The highest BCUT2D eigenvalue weighted by Gasteiger charge is 2.22. The number of rotatable bonds is 7. The SMILES string of the molecule is Cc1ccccc1C(=O)Nc1ccc(SC(C(=O)Nc2ccc(I)cc2)c2ccccc2)cc1. The molecule has 1 unspecified atom stereocenters. The number of thioether (sulfide) groups is 1. The molecule has 2 N–H and O–H groups in total. The van der Waals surface area contributed by atoms with Crippen molar-refractivity contribution in [3.63, 3.8) is 0 Å². The largest absolute Gasteiger partial charge is 0.325 e. The monoisotopic (exact) mass is 578 g/mol. The Balaban J connectivity index is 1.49. The Morgan fingerprint density at radius 3 is 2.00 bits per heavy atom. The van der Waals surface area contributed by atoms with Crippen molar-refractivity contribution < 1.29 is 9.59 Å². The number of benzene rings is 4. The maximum Gasteiger partial charge on any atom is 0.255 e. The predicted molar refractivity (Wildman–Crippen MR) is 148 cm³/mol. The average Bonchev–Trinajstić information content (AvgIpc) is 2.85. The van der Waals surface area contributed by atoms with Crippen LogP contribution in [0.1, 0.15) is 26.7 Å². The minimum absolute atomic E-state index is 0.0886. The molecule has 6 heteroatoms. The normalized spacial score (nSPS) is 11.5. The van der Waals surface area contributed by atoms with E-state index in [9.17, 15) is 9.59 Å². The number of carbonyl (C=O) groups is 2. The van der Waals surface area contributed by atoms with Gasteiger partial charge < -0.3 is 10.6 Å². The van der Waals surface area contributed by atoms with Gasteiger partial charge in [0.2, 0.25) is 5.91 Å². The van der Waals surface area contributed by atoms with Crippen molar-refractivity contribution in [1.29, 1.82) is 0 Å². The molecule has 0 aliphatic rings. The molecule has 4 aromatic rings. The molecule has 34 heavy (non-hydrogen) atoms. The van der Waals surface area contributed by atoms with Crippen LogP contribution in [0.3, 0.4) is 0 Å². The van der Waals surface area contributed by atoms with E-state index < -0.39 is 5.25 Å². The van der Waals surface area contributed by atoms with Gasteiger partial charge in [-0.25, -0.2) is 0 Å². The van der Waals surface area contributed by atoms with Gasteiger partial charge >= 0.3 is 0 Å². The minimum Gasteiger partial charge on any atom is -0.325 e. The Morgan fingerprint density at radius 1 is 0.735 bits per heavy atom. The zero-order chi connectivity index (χ0) is 23.9. The van der Waals surface area contributed by atoms with Gasteiger partial charge in [0.05, 0.1) is 0 Å². The molecule has 4 nitrogen and oxygen atoms in total.